The summed E-state index contributed by atoms with van der Waals surface area (Å²) in [6, 6.07) is 6.55. The Morgan fingerprint density at radius 2 is 2.10 bits per heavy atom. The molecule has 0 aromatic heterocycles. The van der Waals surface area contributed by atoms with Gasteiger partial charge in [0.1, 0.15) is 0 Å². The normalized spacial score (nSPS) is 12.7. The first-order chi connectivity index (χ1) is 9.27. The molecule has 1 aromatic rings. The number of anilines is 1. The minimum Gasteiger partial charge on any atom is -0.409 e. The summed E-state index contributed by atoms with van der Waals surface area (Å²) < 4.78 is 25.6. The zero-order valence-electron chi connectivity index (χ0n) is 11.9. The van der Waals surface area contributed by atoms with Crippen LogP contribution in [0.4, 0.5) is 5.69 Å². The molecule has 0 spiro atoms. The smallest absolute Gasteiger partial charge is 0.234 e. The van der Waals surface area contributed by atoms with Gasteiger partial charge in [-0.1, -0.05) is 31.1 Å². The molecule has 0 fully saturated rings. The van der Waals surface area contributed by atoms with Crippen LogP contribution in [-0.2, 0) is 10.0 Å². The van der Waals surface area contributed by atoms with E-state index in [9.17, 15) is 8.42 Å². The molecule has 0 unspecified atom stereocenters. The third-order valence-electron chi connectivity index (χ3n) is 2.98. The van der Waals surface area contributed by atoms with Crippen molar-refractivity contribution < 1.29 is 13.6 Å². The second kappa shape index (κ2) is 6.60. The summed E-state index contributed by atoms with van der Waals surface area (Å²) >= 11 is 0. The quantitative estimate of drug-likeness (QED) is 0.361. The van der Waals surface area contributed by atoms with Crippen LogP contribution >= 0.6 is 0 Å². The molecule has 7 heteroatoms. The molecule has 0 heterocycles. The van der Waals surface area contributed by atoms with E-state index in [0.29, 0.717) is 23.6 Å². The van der Waals surface area contributed by atoms with Crippen molar-refractivity contribution in [1.82, 2.24) is 0 Å². The summed E-state index contributed by atoms with van der Waals surface area (Å²) in [5.74, 6) is 0.358. The Balaban J connectivity index is 3.00. The lowest BCUT2D eigenvalue weighted by Gasteiger charge is -2.20. The van der Waals surface area contributed by atoms with Gasteiger partial charge in [0.05, 0.1) is 11.4 Å². The molecule has 1 rings (SSSR count). The highest BCUT2D eigenvalue weighted by atomic mass is 32.2. The minimum atomic E-state index is -3.37. The molecule has 0 saturated heterocycles. The molecule has 0 aliphatic carbocycles. The maximum Gasteiger partial charge on any atom is 0.234 e. The largest absolute Gasteiger partial charge is 0.409 e. The predicted molar refractivity (Wildman–Crippen MR) is 80.6 cm³/mol. The lowest BCUT2D eigenvalue weighted by Crippen LogP contribution is -2.29. The number of sulfonamides is 1. The summed E-state index contributed by atoms with van der Waals surface area (Å²) in [5.41, 5.74) is 6.46. The van der Waals surface area contributed by atoms with Crippen LogP contribution < -0.4 is 10.0 Å². The topological polar surface area (TPSA) is 96.0 Å². The van der Waals surface area contributed by atoms with E-state index in [2.05, 4.69) is 5.16 Å². The van der Waals surface area contributed by atoms with Crippen LogP contribution in [0.15, 0.2) is 29.4 Å². The standard InChI is InChI=1S/C13H21N3O3S/c1-10(2)7-8-20(18,19)16(3)12-6-4-5-11(9-12)13(14)15-17/h4-6,9-10,17H,7-8H2,1-3H3,(H2,14,15). The first-order valence-electron chi connectivity index (χ1n) is 6.32. The third-order valence-corrected chi connectivity index (χ3v) is 4.78. The lowest BCUT2D eigenvalue weighted by atomic mass is 10.2. The number of nitrogens with zero attached hydrogens (tertiary/aromatic N) is 2. The first kappa shape index (κ1) is 16.3. The van der Waals surface area contributed by atoms with Crippen molar-refractivity contribution in [3.8, 4) is 0 Å². The molecule has 0 aliphatic heterocycles. The van der Waals surface area contributed by atoms with Crippen LogP contribution in [0.1, 0.15) is 25.8 Å². The molecule has 0 atom stereocenters. The molecule has 1 aromatic carbocycles. The van der Waals surface area contributed by atoms with Gasteiger partial charge in [-0.15, -0.1) is 0 Å². The number of amidine groups is 1. The zero-order chi connectivity index (χ0) is 15.3. The van der Waals surface area contributed by atoms with E-state index in [4.69, 9.17) is 10.9 Å². The van der Waals surface area contributed by atoms with Crippen molar-refractivity contribution in [3.63, 3.8) is 0 Å². The van der Waals surface area contributed by atoms with Crippen molar-refractivity contribution in [1.29, 1.82) is 0 Å². The van der Waals surface area contributed by atoms with E-state index in [1.807, 2.05) is 13.8 Å². The molecule has 20 heavy (non-hydrogen) atoms. The van der Waals surface area contributed by atoms with Gasteiger partial charge in [-0.3, -0.25) is 4.31 Å². The number of nitrogens with two attached hydrogens (primary N) is 1. The van der Waals surface area contributed by atoms with Gasteiger partial charge in [-0.05, 0) is 24.5 Å². The maximum absolute atomic E-state index is 12.2. The fourth-order valence-electron chi connectivity index (χ4n) is 1.60. The van der Waals surface area contributed by atoms with Crippen LogP contribution in [-0.4, -0.2) is 32.3 Å². The van der Waals surface area contributed by atoms with Crippen molar-refractivity contribution >= 4 is 21.5 Å². The molecule has 0 radical (unpaired) electrons. The van der Waals surface area contributed by atoms with Crippen LogP contribution in [0.25, 0.3) is 0 Å². The van der Waals surface area contributed by atoms with E-state index in [-0.39, 0.29) is 11.6 Å². The number of hydrogen-bond acceptors (Lipinski definition) is 4. The Morgan fingerprint density at radius 3 is 2.65 bits per heavy atom. The first-order valence-corrected chi connectivity index (χ1v) is 7.93. The molecule has 0 aliphatic rings. The summed E-state index contributed by atoms with van der Waals surface area (Å²) in [4.78, 5) is 0. The van der Waals surface area contributed by atoms with Crippen molar-refractivity contribution in [2.45, 2.75) is 20.3 Å². The van der Waals surface area contributed by atoms with E-state index in [0.717, 1.165) is 0 Å². The van der Waals surface area contributed by atoms with Gasteiger partial charge < -0.3 is 10.9 Å². The van der Waals surface area contributed by atoms with E-state index < -0.39 is 10.0 Å². The Morgan fingerprint density at radius 1 is 1.45 bits per heavy atom. The Kier molecular flexibility index (Phi) is 5.38. The zero-order valence-corrected chi connectivity index (χ0v) is 12.8. The average molecular weight is 299 g/mol. The Bertz CT molecular complexity index is 582. The fraction of sp³-hybridized carbons (Fsp3) is 0.462. The van der Waals surface area contributed by atoms with Gasteiger partial charge >= 0.3 is 0 Å². The van der Waals surface area contributed by atoms with Gasteiger partial charge in [0.15, 0.2) is 5.84 Å². The summed E-state index contributed by atoms with van der Waals surface area (Å²) in [6.45, 7) is 3.96. The van der Waals surface area contributed by atoms with Crippen LogP contribution in [0.3, 0.4) is 0 Å². The fourth-order valence-corrected chi connectivity index (χ4v) is 3.08. The minimum absolute atomic E-state index is 0.0557. The number of rotatable bonds is 6. The summed E-state index contributed by atoms with van der Waals surface area (Å²) in [6.07, 6.45) is 0.604. The SMILES string of the molecule is CC(C)CCS(=O)(=O)N(C)c1cccc(C(N)=NO)c1. The second-order valence-electron chi connectivity index (χ2n) is 5.00. The average Bonchev–Trinajstić information content (AvgIpc) is 2.43. The molecule has 112 valence electrons. The summed E-state index contributed by atoms with van der Waals surface area (Å²) in [7, 11) is -1.87. The molecule has 0 amide bonds. The number of hydrogen-bond donors (Lipinski definition) is 2. The lowest BCUT2D eigenvalue weighted by molar-refractivity contribution is 0.318. The Labute approximate surface area is 119 Å². The van der Waals surface area contributed by atoms with Crippen LogP contribution in [0, 0.1) is 5.92 Å². The van der Waals surface area contributed by atoms with Gasteiger partial charge in [0.25, 0.3) is 0 Å². The van der Waals surface area contributed by atoms with E-state index >= 15 is 0 Å². The van der Waals surface area contributed by atoms with Crippen molar-refractivity contribution in [2.24, 2.45) is 16.8 Å². The highest BCUT2D eigenvalue weighted by Gasteiger charge is 2.19. The highest BCUT2D eigenvalue weighted by Crippen LogP contribution is 2.19. The summed E-state index contributed by atoms with van der Waals surface area (Å²) in [5, 5.41) is 11.6. The number of oxime groups is 1. The van der Waals surface area contributed by atoms with Gasteiger partial charge in [-0.25, -0.2) is 8.42 Å². The van der Waals surface area contributed by atoms with Crippen LogP contribution in [0.5, 0.6) is 0 Å². The predicted octanol–water partition coefficient (Wildman–Crippen LogP) is 1.59. The van der Waals surface area contributed by atoms with Crippen LogP contribution in [0.2, 0.25) is 0 Å². The molecule has 0 bridgehead atoms. The molecule has 0 saturated carbocycles. The molecular formula is C13H21N3O3S. The monoisotopic (exact) mass is 299 g/mol. The van der Waals surface area contributed by atoms with Gasteiger partial charge in [0.2, 0.25) is 10.0 Å². The Hall–Kier alpha value is -1.76. The number of benzene rings is 1. The molecule has 3 N–H and O–H groups in total. The maximum atomic E-state index is 12.2. The second-order valence-corrected chi connectivity index (χ2v) is 7.12. The molecule has 6 nitrogen and oxygen atoms in total. The van der Waals surface area contributed by atoms with E-state index in [1.54, 1.807) is 24.3 Å². The third kappa shape index (κ3) is 4.12. The van der Waals surface area contributed by atoms with E-state index in [1.165, 1.54) is 11.4 Å². The van der Waals surface area contributed by atoms with Crippen molar-refractivity contribution in [2.75, 3.05) is 17.1 Å². The van der Waals surface area contributed by atoms with Gasteiger partial charge in [-0.2, -0.15) is 0 Å². The highest BCUT2D eigenvalue weighted by molar-refractivity contribution is 7.92. The van der Waals surface area contributed by atoms with Crippen molar-refractivity contribution in [3.05, 3.63) is 29.8 Å². The molecular weight excluding hydrogens is 278 g/mol. The van der Waals surface area contributed by atoms with Gasteiger partial charge in [0, 0.05) is 12.6 Å².